The Bertz CT molecular complexity index is 647. The van der Waals surface area contributed by atoms with Crippen LogP contribution in [-0.4, -0.2) is 61.3 Å². The van der Waals surface area contributed by atoms with Crippen LogP contribution in [0.25, 0.3) is 0 Å². The first kappa shape index (κ1) is 16.2. The third-order valence-electron chi connectivity index (χ3n) is 3.15. The standard InChI is InChI=1S/C12H14ClNO6S/c13-10-2-1-8(12(16)17)5-11(10)21(18,19)14-3-4-20-7-9(14)6-15/h1-2,5,9,15H,3-4,6-7H2,(H,16,17). The van der Waals surface area contributed by atoms with E-state index in [1.807, 2.05) is 0 Å². The lowest BCUT2D eigenvalue weighted by atomic mass is 10.2. The number of carboxylic acid groups (broad SMARTS) is 1. The van der Waals surface area contributed by atoms with Crippen LogP contribution in [0.4, 0.5) is 0 Å². The monoisotopic (exact) mass is 335 g/mol. The molecule has 0 amide bonds. The fraction of sp³-hybridized carbons (Fsp3) is 0.417. The summed E-state index contributed by atoms with van der Waals surface area (Å²) in [5.74, 6) is -1.25. The van der Waals surface area contributed by atoms with Gasteiger partial charge in [-0.25, -0.2) is 13.2 Å². The number of ether oxygens (including phenoxy) is 1. The number of rotatable bonds is 4. The number of sulfonamides is 1. The summed E-state index contributed by atoms with van der Waals surface area (Å²) in [6, 6.07) is 2.76. The molecule has 1 saturated heterocycles. The number of halogens is 1. The molecular weight excluding hydrogens is 322 g/mol. The van der Waals surface area contributed by atoms with Gasteiger partial charge >= 0.3 is 5.97 Å². The second kappa shape index (κ2) is 6.29. The number of carboxylic acids is 1. The molecule has 1 aliphatic heterocycles. The van der Waals surface area contributed by atoms with E-state index in [-0.39, 0.29) is 35.2 Å². The third-order valence-corrected chi connectivity index (χ3v) is 5.58. The zero-order chi connectivity index (χ0) is 15.6. The number of carbonyl (C=O) groups is 1. The Hall–Kier alpha value is -1.19. The Balaban J connectivity index is 2.47. The SMILES string of the molecule is O=C(O)c1ccc(Cl)c(S(=O)(=O)N2CCOCC2CO)c1. The van der Waals surface area contributed by atoms with Gasteiger partial charge < -0.3 is 14.9 Å². The summed E-state index contributed by atoms with van der Waals surface area (Å²) in [7, 11) is -4.01. The Morgan fingerprint density at radius 2 is 2.19 bits per heavy atom. The molecule has 1 unspecified atom stereocenters. The number of aromatic carboxylic acids is 1. The summed E-state index contributed by atoms with van der Waals surface area (Å²) in [6.07, 6.45) is 0. The smallest absolute Gasteiger partial charge is 0.335 e. The fourth-order valence-corrected chi connectivity index (χ4v) is 4.15. The van der Waals surface area contributed by atoms with Crippen molar-refractivity contribution >= 4 is 27.6 Å². The zero-order valence-electron chi connectivity index (χ0n) is 10.9. The van der Waals surface area contributed by atoms with Crippen LogP contribution in [0, 0.1) is 0 Å². The summed E-state index contributed by atoms with van der Waals surface area (Å²) in [5.41, 5.74) is -0.174. The molecule has 2 N–H and O–H groups in total. The quantitative estimate of drug-likeness (QED) is 0.826. The van der Waals surface area contributed by atoms with Gasteiger partial charge in [0.2, 0.25) is 10.0 Å². The fourth-order valence-electron chi connectivity index (χ4n) is 2.06. The number of aliphatic hydroxyl groups is 1. The van der Waals surface area contributed by atoms with Crippen LogP contribution in [0.15, 0.2) is 23.1 Å². The molecule has 2 rings (SSSR count). The highest BCUT2D eigenvalue weighted by Crippen LogP contribution is 2.28. The number of morpholine rings is 1. The molecule has 1 heterocycles. The van der Waals surface area contributed by atoms with Crippen molar-refractivity contribution in [3.05, 3.63) is 28.8 Å². The Labute approximate surface area is 126 Å². The molecule has 0 saturated carbocycles. The van der Waals surface area contributed by atoms with E-state index in [4.69, 9.17) is 21.4 Å². The van der Waals surface area contributed by atoms with Gasteiger partial charge in [-0.2, -0.15) is 4.31 Å². The molecule has 0 bridgehead atoms. The first-order valence-corrected chi connectivity index (χ1v) is 7.93. The number of nitrogens with zero attached hydrogens (tertiary/aromatic N) is 1. The lowest BCUT2D eigenvalue weighted by molar-refractivity contribution is 0.0109. The maximum absolute atomic E-state index is 12.6. The first-order valence-electron chi connectivity index (χ1n) is 6.11. The van der Waals surface area contributed by atoms with Crippen molar-refractivity contribution in [1.82, 2.24) is 4.31 Å². The molecule has 1 aliphatic rings. The molecule has 0 aromatic heterocycles. The molecular formula is C12H14ClNO6S. The second-order valence-electron chi connectivity index (χ2n) is 4.48. The van der Waals surface area contributed by atoms with Crippen molar-refractivity contribution < 1.29 is 28.2 Å². The average Bonchev–Trinajstić information content (AvgIpc) is 2.47. The topological polar surface area (TPSA) is 104 Å². The minimum absolute atomic E-state index is 0.0665. The highest BCUT2D eigenvalue weighted by molar-refractivity contribution is 7.89. The van der Waals surface area contributed by atoms with Gasteiger partial charge in [0.25, 0.3) is 0 Å². The van der Waals surface area contributed by atoms with Crippen LogP contribution in [0.1, 0.15) is 10.4 Å². The highest BCUT2D eigenvalue weighted by Gasteiger charge is 2.35. The van der Waals surface area contributed by atoms with Gasteiger partial charge in [-0.1, -0.05) is 11.6 Å². The van der Waals surface area contributed by atoms with Crippen LogP contribution in [0.2, 0.25) is 5.02 Å². The van der Waals surface area contributed by atoms with Crippen molar-refractivity contribution in [1.29, 1.82) is 0 Å². The molecule has 7 nitrogen and oxygen atoms in total. The van der Waals surface area contributed by atoms with Gasteiger partial charge in [0, 0.05) is 6.54 Å². The lowest BCUT2D eigenvalue weighted by Gasteiger charge is -2.33. The van der Waals surface area contributed by atoms with Crippen molar-refractivity contribution in [3.63, 3.8) is 0 Å². The van der Waals surface area contributed by atoms with E-state index in [2.05, 4.69) is 0 Å². The van der Waals surface area contributed by atoms with Crippen LogP contribution >= 0.6 is 11.6 Å². The minimum Gasteiger partial charge on any atom is -0.478 e. The highest BCUT2D eigenvalue weighted by atomic mass is 35.5. The summed E-state index contributed by atoms with van der Waals surface area (Å²) in [4.78, 5) is 10.7. The van der Waals surface area contributed by atoms with E-state index < -0.39 is 28.6 Å². The Morgan fingerprint density at radius 3 is 2.81 bits per heavy atom. The summed E-state index contributed by atoms with van der Waals surface area (Å²) >= 11 is 5.90. The van der Waals surface area contributed by atoms with Gasteiger partial charge in [0.1, 0.15) is 4.90 Å². The molecule has 1 atom stereocenters. The molecule has 1 fully saturated rings. The van der Waals surface area contributed by atoms with E-state index in [0.717, 1.165) is 10.4 Å². The van der Waals surface area contributed by atoms with Crippen LogP contribution < -0.4 is 0 Å². The molecule has 0 aliphatic carbocycles. The first-order chi connectivity index (χ1) is 9.87. The van der Waals surface area contributed by atoms with Gasteiger partial charge in [0.15, 0.2) is 0 Å². The molecule has 1 aromatic rings. The number of hydrogen-bond donors (Lipinski definition) is 2. The van der Waals surface area contributed by atoms with E-state index in [1.165, 1.54) is 12.1 Å². The maximum atomic E-state index is 12.6. The van der Waals surface area contributed by atoms with Gasteiger partial charge in [0.05, 0.1) is 36.4 Å². The van der Waals surface area contributed by atoms with Gasteiger partial charge in [-0.05, 0) is 18.2 Å². The van der Waals surface area contributed by atoms with Gasteiger partial charge in [-0.3, -0.25) is 0 Å². The molecule has 116 valence electrons. The molecule has 0 spiro atoms. The summed E-state index contributed by atoms with van der Waals surface area (Å²) < 4.78 is 31.5. The normalized spacial score (nSPS) is 20.4. The lowest BCUT2D eigenvalue weighted by Crippen LogP contribution is -2.50. The predicted molar refractivity (Wildman–Crippen MR) is 74.0 cm³/mol. The number of benzene rings is 1. The molecule has 9 heteroatoms. The van der Waals surface area contributed by atoms with Crippen LogP contribution in [0.3, 0.4) is 0 Å². The second-order valence-corrected chi connectivity index (χ2v) is 6.74. The van der Waals surface area contributed by atoms with Crippen molar-refractivity contribution in [2.75, 3.05) is 26.4 Å². The average molecular weight is 336 g/mol. The Kier molecular flexibility index (Phi) is 4.84. The third kappa shape index (κ3) is 3.19. The summed E-state index contributed by atoms with van der Waals surface area (Å²) in [6.45, 7) is -0.0470. The number of hydrogen-bond acceptors (Lipinski definition) is 5. The molecule has 1 aromatic carbocycles. The molecule has 21 heavy (non-hydrogen) atoms. The maximum Gasteiger partial charge on any atom is 0.335 e. The number of aliphatic hydroxyl groups excluding tert-OH is 1. The van der Waals surface area contributed by atoms with Crippen molar-refractivity contribution in [2.45, 2.75) is 10.9 Å². The van der Waals surface area contributed by atoms with Gasteiger partial charge in [-0.15, -0.1) is 0 Å². The Morgan fingerprint density at radius 1 is 1.48 bits per heavy atom. The van der Waals surface area contributed by atoms with Crippen LogP contribution in [0.5, 0.6) is 0 Å². The minimum atomic E-state index is -4.01. The van der Waals surface area contributed by atoms with E-state index >= 15 is 0 Å². The zero-order valence-corrected chi connectivity index (χ0v) is 12.5. The van der Waals surface area contributed by atoms with E-state index in [0.29, 0.717) is 0 Å². The van der Waals surface area contributed by atoms with E-state index in [9.17, 15) is 18.3 Å². The van der Waals surface area contributed by atoms with Crippen molar-refractivity contribution in [3.8, 4) is 0 Å². The summed E-state index contributed by atoms with van der Waals surface area (Å²) in [5, 5.41) is 18.2. The molecule has 0 radical (unpaired) electrons. The predicted octanol–water partition coefficient (Wildman–Crippen LogP) is 0.420. The van der Waals surface area contributed by atoms with E-state index in [1.54, 1.807) is 0 Å². The van der Waals surface area contributed by atoms with Crippen LogP contribution in [-0.2, 0) is 14.8 Å². The largest absolute Gasteiger partial charge is 0.478 e. The van der Waals surface area contributed by atoms with Crippen molar-refractivity contribution in [2.24, 2.45) is 0 Å².